The number of benzene rings is 3. The van der Waals surface area contributed by atoms with Crippen LogP contribution in [0.15, 0.2) is 66.7 Å². The average molecular weight is 446 g/mol. The second-order valence-corrected chi connectivity index (χ2v) is 7.60. The van der Waals surface area contributed by atoms with E-state index in [0.717, 1.165) is 29.8 Å². The maximum Gasteiger partial charge on any atom is 0.138 e. The van der Waals surface area contributed by atoms with Crippen LogP contribution < -0.4 is 14.8 Å². The topological polar surface area (TPSA) is 30.5 Å². The highest BCUT2D eigenvalue weighted by atomic mass is 35.5. The molecule has 1 N–H and O–H groups in total. The smallest absolute Gasteiger partial charge is 0.138 e. The molecule has 0 atom stereocenters. The average Bonchev–Trinajstić information content (AvgIpc) is 2.74. The van der Waals surface area contributed by atoms with E-state index in [1.54, 1.807) is 7.11 Å². The van der Waals surface area contributed by atoms with Crippen molar-refractivity contribution in [2.45, 2.75) is 13.0 Å². The number of hydrogen-bond acceptors (Lipinski definition) is 3. The highest BCUT2D eigenvalue weighted by Gasteiger charge is 2.08. The molecule has 0 unspecified atom stereocenters. The van der Waals surface area contributed by atoms with Crippen molar-refractivity contribution in [3.05, 3.63) is 93.5 Å². The zero-order chi connectivity index (χ0) is 20.6. The molecule has 0 saturated heterocycles. The third kappa shape index (κ3) is 6.10. The van der Waals surface area contributed by atoms with E-state index in [2.05, 4.69) is 5.32 Å². The quantitative estimate of drug-likeness (QED) is 0.425. The molecule has 0 aliphatic heterocycles. The Kier molecular flexibility index (Phi) is 7.76. The van der Waals surface area contributed by atoms with Crippen LogP contribution in [0.2, 0.25) is 10.0 Å². The van der Waals surface area contributed by atoms with Crippen LogP contribution in [-0.2, 0) is 13.0 Å². The van der Waals surface area contributed by atoms with Gasteiger partial charge in [-0.15, -0.1) is 0 Å². The molecule has 0 spiro atoms. The van der Waals surface area contributed by atoms with E-state index in [1.165, 1.54) is 5.56 Å². The van der Waals surface area contributed by atoms with Crippen LogP contribution in [0.25, 0.3) is 0 Å². The molecular weight excluding hydrogens is 425 g/mol. The lowest BCUT2D eigenvalue weighted by atomic mass is 10.1. The minimum atomic E-state index is 0.350. The Balaban J connectivity index is 1.53. The number of rotatable bonds is 8. The van der Waals surface area contributed by atoms with E-state index in [-0.39, 0.29) is 0 Å². The summed E-state index contributed by atoms with van der Waals surface area (Å²) in [6.07, 6.45) is 0.858. The van der Waals surface area contributed by atoms with E-state index in [1.807, 2.05) is 66.7 Å². The van der Waals surface area contributed by atoms with E-state index in [9.17, 15) is 0 Å². The van der Waals surface area contributed by atoms with Crippen LogP contribution in [0.4, 0.5) is 0 Å². The molecule has 150 valence electrons. The second-order valence-electron chi connectivity index (χ2n) is 6.38. The van der Waals surface area contributed by atoms with Gasteiger partial charge in [0, 0.05) is 22.7 Å². The summed E-state index contributed by atoms with van der Waals surface area (Å²) < 4.78 is 11.0. The van der Waals surface area contributed by atoms with E-state index < -0.39 is 0 Å². The first-order chi connectivity index (χ1) is 14.1. The number of halogens is 2. The van der Waals surface area contributed by atoms with Crippen LogP contribution in [0.5, 0.6) is 11.5 Å². The molecule has 0 fully saturated rings. The molecule has 0 heterocycles. The van der Waals surface area contributed by atoms with E-state index in [0.29, 0.717) is 27.4 Å². The highest BCUT2D eigenvalue weighted by molar-refractivity contribution is 7.80. The van der Waals surface area contributed by atoms with Crippen molar-refractivity contribution in [1.29, 1.82) is 0 Å². The Bertz CT molecular complexity index is 977. The fraction of sp³-hybridized carbons (Fsp3) is 0.174. The summed E-state index contributed by atoms with van der Waals surface area (Å²) in [5.74, 6) is 1.44. The zero-order valence-electron chi connectivity index (χ0n) is 16.0. The Hall–Kier alpha value is -2.27. The summed E-state index contributed by atoms with van der Waals surface area (Å²) in [6, 6.07) is 21.1. The molecule has 0 bridgehead atoms. The van der Waals surface area contributed by atoms with Gasteiger partial charge in [-0.1, -0.05) is 65.8 Å². The molecule has 0 aliphatic carbocycles. The minimum absolute atomic E-state index is 0.350. The third-order valence-electron chi connectivity index (χ3n) is 4.39. The summed E-state index contributed by atoms with van der Waals surface area (Å²) in [5.41, 5.74) is 2.97. The normalized spacial score (nSPS) is 10.4. The fourth-order valence-corrected chi connectivity index (χ4v) is 3.40. The number of thiocarbonyl (C=S) groups is 1. The second kappa shape index (κ2) is 10.5. The van der Waals surface area contributed by atoms with Gasteiger partial charge in [0.25, 0.3) is 0 Å². The van der Waals surface area contributed by atoms with Crippen molar-refractivity contribution < 1.29 is 9.47 Å². The van der Waals surface area contributed by atoms with Crippen molar-refractivity contribution in [1.82, 2.24) is 5.32 Å². The van der Waals surface area contributed by atoms with Crippen LogP contribution in [-0.4, -0.2) is 18.6 Å². The first-order valence-corrected chi connectivity index (χ1v) is 10.3. The summed E-state index contributed by atoms with van der Waals surface area (Å²) in [5, 5.41) is 4.45. The van der Waals surface area contributed by atoms with E-state index >= 15 is 0 Å². The van der Waals surface area contributed by atoms with Crippen LogP contribution in [0.1, 0.15) is 16.7 Å². The van der Waals surface area contributed by atoms with Crippen LogP contribution in [0.3, 0.4) is 0 Å². The Morgan fingerprint density at radius 2 is 1.72 bits per heavy atom. The van der Waals surface area contributed by atoms with Gasteiger partial charge in [-0.05, 0) is 48.4 Å². The van der Waals surface area contributed by atoms with Crippen molar-refractivity contribution in [3.8, 4) is 11.5 Å². The Morgan fingerprint density at radius 3 is 2.41 bits per heavy atom. The van der Waals surface area contributed by atoms with Gasteiger partial charge in [0.05, 0.1) is 12.1 Å². The van der Waals surface area contributed by atoms with E-state index in [4.69, 9.17) is 44.9 Å². The molecule has 3 rings (SSSR count). The predicted molar refractivity (Wildman–Crippen MR) is 124 cm³/mol. The molecule has 0 aromatic heterocycles. The highest BCUT2D eigenvalue weighted by Crippen LogP contribution is 2.27. The third-order valence-corrected chi connectivity index (χ3v) is 5.44. The standard InChI is InChI=1S/C23H21Cl2NO2S/c1-27-19-9-6-16(7-10-19)12-13-26-23(29)17-8-11-22(21(25)14-17)28-15-18-4-2-3-5-20(18)24/h2-11,14H,12-13,15H2,1H3,(H,26,29). The van der Waals surface area contributed by atoms with Gasteiger partial charge in [-0.3, -0.25) is 0 Å². The lowest BCUT2D eigenvalue weighted by Crippen LogP contribution is -2.24. The summed E-state index contributed by atoms with van der Waals surface area (Å²) >= 11 is 18.0. The SMILES string of the molecule is COc1ccc(CCNC(=S)c2ccc(OCc3ccccc3Cl)c(Cl)c2)cc1. The van der Waals surface area contributed by atoms with Crippen molar-refractivity contribution >= 4 is 40.4 Å². The lowest BCUT2D eigenvalue weighted by Gasteiger charge is -2.12. The van der Waals surface area contributed by atoms with Gasteiger partial charge in [0.2, 0.25) is 0 Å². The monoisotopic (exact) mass is 445 g/mol. The summed E-state index contributed by atoms with van der Waals surface area (Å²) in [6.45, 7) is 1.08. The number of hydrogen-bond donors (Lipinski definition) is 1. The van der Waals surface area contributed by atoms with Crippen molar-refractivity contribution in [2.24, 2.45) is 0 Å². The zero-order valence-corrected chi connectivity index (χ0v) is 18.3. The minimum Gasteiger partial charge on any atom is -0.497 e. The predicted octanol–water partition coefficient (Wildman–Crippen LogP) is 6.09. The molecule has 3 aromatic rings. The number of nitrogens with one attached hydrogen (secondary N) is 1. The fourth-order valence-electron chi connectivity index (χ4n) is 2.74. The summed E-state index contributed by atoms with van der Waals surface area (Å²) in [7, 11) is 1.66. The van der Waals surface area contributed by atoms with Gasteiger partial charge in [0.15, 0.2) is 0 Å². The Labute approximate surface area is 186 Å². The maximum absolute atomic E-state index is 6.38. The van der Waals surface area contributed by atoms with Gasteiger partial charge < -0.3 is 14.8 Å². The molecule has 3 aromatic carbocycles. The molecule has 0 saturated carbocycles. The molecule has 29 heavy (non-hydrogen) atoms. The maximum atomic E-state index is 6.38. The van der Waals surface area contributed by atoms with Gasteiger partial charge >= 0.3 is 0 Å². The van der Waals surface area contributed by atoms with Gasteiger partial charge in [0.1, 0.15) is 23.1 Å². The molecule has 0 aliphatic rings. The lowest BCUT2D eigenvalue weighted by molar-refractivity contribution is 0.306. The van der Waals surface area contributed by atoms with Crippen LogP contribution in [0, 0.1) is 0 Å². The molecule has 3 nitrogen and oxygen atoms in total. The van der Waals surface area contributed by atoms with Crippen molar-refractivity contribution in [3.63, 3.8) is 0 Å². The first kappa shape index (κ1) is 21.4. The van der Waals surface area contributed by atoms with Crippen LogP contribution >= 0.6 is 35.4 Å². The first-order valence-electron chi connectivity index (χ1n) is 9.13. The Morgan fingerprint density at radius 1 is 0.966 bits per heavy atom. The van der Waals surface area contributed by atoms with Gasteiger partial charge in [-0.25, -0.2) is 0 Å². The number of methoxy groups -OCH3 is 1. The number of ether oxygens (including phenoxy) is 2. The van der Waals surface area contributed by atoms with Crippen molar-refractivity contribution in [2.75, 3.05) is 13.7 Å². The molecular formula is C23H21Cl2NO2S. The van der Waals surface area contributed by atoms with Gasteiger partial charge in [-0.2, -0.15) is 0 Å². The molecule has 0 radical (unpaired) electrons. The molecule has 0 amide bonds. The molecule has 6 heteroatoms. The largest absolute Gasteiger partial charge is 0.497 e. The summed E-state index contributed by atoms with van der Waals surface area (Å²) in [4.78, 5) is 0.651.